The molecule has 0 saturated heterocycles. The van der Waals surface area contributed by atoms with Gasteiger partial charge in [-0.05, 0) is 85.4 Å². The van der Waals surface area contributed by atoms with Crippen molar-refractivity contribution in [3.05, 3.63) is 47.7 Å². The fourth-order valence-electron chi connectivity index (χ4n) is 3.78. The Balaban J connectivity index is 1.59. The van der Waals surface area contributed by atoms with E-state index in [9.17, 15) is 5.11 Å². The van der Waals surface area contributed by atoms with Gasteiger partial charge in [-0.2, -0.15) is 0 Å². The number of nitrogens with one attached hydrogen (secondary N) is 2. The van der Waals surface area contributed by atoms with Gasteiger partial charge < -0.3 is 15.7 Å². The van der Waals surface area contributed by atoms with Crippen LogP contribution in [0.25, 0.3) is 22.2 Å². The van der Waals surface area contributed by atoms with Gasteiger partial charge in [-0.3, -0.25) is 4.98 Å². The summed E-state index contributed by atoms with van der Waals surface area (Å²) in [6.45, 7) is 3.82. The van der Waals surface area contributed by atoms with Gasteiger partial charge in [-0.15, -0.1) is 0 Å². The average Bonchev–Trinajstić information content (AvgIpc) is 3.18. The largest absolute Gasteiger partial charge is 0.507 e. The Hall–Kier alpha value is -2.73. The van der Waals surface area contributed by atoms with Gasteiger partial charge in [0.15, 0.2) is 10.9 Å². The van der Waals surface area contributed by atoms with Crippen molar-refractivity contribution in [3.8, 4) is 16.9 Å². The molecule has 1 saturated carbocycles. The Morgan fingerprint density at radius 2 is 1.75 bits per heavy atom. The maximum absolute atomic E-state index is 10.0. The van der Waals surface area contributed by atoms with Crippen LogP contribution >= 0.6 is 12.2 Å². The number of rotatable bonds is 3. The van der Waals surface area contributed by atoms with Crippen molar-refractivity contribution in [1.29, 1.82) is 0 Å². The highest BCUT2D eigenvalue weighted by molar-refractivity contribution is 7.80. The number of nitrogens with zero attached hydrogens (tertiary/aromatic N) is 2. The van der Waals surface area contributed by atoms with E-state index in [1.165, 1.54) is 25.7 Å². The maximum Gasteiger partial charge on any atom is 0.172 e. The first-order valence-corrected chi connectivity index (χ1v) is 10.1. The van der Waals surface area contributed by atoms with Crippen LogP contribution in [-0.2, 0) is 0 Å². The van der Waals surface area contributed by atoms with E-state index in [0.717, 1.165) is 33.3 Å². The molecule has 3 N–H and O–H groups in total. The minimum Gasteiger partial charge on any atom is -0.507 e. The zero-order valence-electron chi connectivity index (χ0n) is 16.1. The van der Waals surface area contributed by atoms with Gasteiger partial charge in [0.2, 0.25) is 0 Å². The Labute approximate surface area is 170 Å². The number of hydrogen-bond donors (Lipinski definition) is 3. The topological polar surface area (TPSA) is 70.1 Å². The molecule has 2 aromatic carbocycles. The second-order valence-electron chi connectivity index (χ2n) is 7.50. The maximum atomic E-state index is 10.0. The SMILES string of the molecule is Cc1cc(-c2ccc3ncc(NC(=S)NC4CCCC4)nc3c2)cc(C)c1O. The lowest BCUT2D eigenvalue weighted by molar-refractivity contribution is 0.467. The average molecular weight is 393 g/mol. The molecule has 4 rings (SSSR count). The van der Waals surface area contributed by atoms with Gasteiger partial charge in [0, 0.05) is 6.04 Å². The van der Waals surface area contributed by atoms with E-state index in [1.54, 1.807) is 6.20 Å². The first-order chi connectivity index (χ1) is 13.5. The predicted molar refractivity (Wildman–Crippen MR) is 118 cm³/mol. The number of thiocarbonyl (C=S) groups is 1. The van der Waals surface area contributed by atoms with Crippen molar-refractivity contribution in [1.82, 2.24) is 15.3 Å². The fraction of sp³-hybridized carbons (Fsp3) is 0.318. The van der Waals surface area contributed by atoms with Gasteiger partial charge in [0.1, 0.15) is 5.75 Å². The van der Waals surface area contributed by atoms with Crippen molar-refractivity contribution >= 4 is 34.2 Å². The standard InChI is InChI=1S/C22H24N4OS/c1-13-9-16(10-14(2)21(13)27)15-7-8-18-19(11-15)25-20(12-23-18)26-22(28)24-17-5-3-4-6-17/h7-12,17,27H,3-6H2,1-2H3,(H2,24,25,26,28). The molecule has 5 nitrogen and oxygen atoms in total. The summed E-state index contributed by atoms with van der Waals surface area (Å²) in [6.07, 6.45) is 6.56. The Kier molecular flexibility index (Phi) is 5.13. The molecule has 1 aliphatic rings. The third kappa shape index (κ3) is 3.92. The molecule has 1 heterocycles. The van der Waals surface area contributed by atoms with Crippen molar-refractivity contribution < 1.29 is 5.11 Å². The molecule has 3 aromatic rings. The zero-order chi connectivity index (χ0) is 19.7. The van der Waals surface area contributed by atoms with E-state index in [0.29, 0.717) is 22.7 Å². The molecule has 0 amide bonds. The summed E-state index contributed by atoms with van der Waals surface area (Å²) in [7, 11) is 0. The third-order valence-electron chi connectivity index (χ3n) is 5.30. The van der Waals surface area contributed by atoms with Crippen LogP contribution in [0.3, 0.4) is 0 Å². The summed E-state index contributed by atoms with van der Waals surface area (Å²) in [5.74, 6) is 0.984. The van der Waals surface area contributed by atoms with Crippen LogP contribution in [0.15, 0.2) is 36.5 Å². The highest BCUT2D eigenvalue weighted by atomic mass is 32.1. The number of aromatic hydroxyl groups is 1. The van der Waals surface area contributed by atoms with Crippen LogP contribution in [0, 0.1) is 13.8 Å². The summed E-state index contributed by atoms with van der Waals surface area (Å²) in [5, 5.41) is 17.1. The molecule has 0 unspecified atom stereocenters. The molecule has 0 bridgehead atoms. The minimum atomic E-state index is 0.346. The lowest BCUT2D eigenvalue weighted by atomic mass is 9.99. The van der Waals surface area contributed by atoms with E-state index in [2.05, 4.69) is 20.6 Å². The van der Waals surface area contributed by atoms with Gasteiger partial charge in [0.25, 0.3) is 0 Å². The van der Waals surface area contributed by atoms with Crippen molar-refractivity contribution in [2.75, 3.05) is 5.32 Å². The number of anilines is 1. The minimum absolute atomic E-state index is 0.346. The highest BCUT2D eigenvalue weighted by Crippen LogP contribution is 2.30. The summed E-state index contributed by atoms with van der Waals surface area (Å²) < 4.78 is 0. The molecule has 0 aliphatic heterocycles. The molecule has 1 aliphatic carbocycles. The Morgan fingerprint density at radius 1 is 1.04 bits per heavy atom. The Morgan fingerprint density at radius 3 is 2.46 bits per heavy atom. The number of aryl methyl sites for hydroxylation is 2. The summed E-state index contributed by atoms with van der Waals surface area (Å²) >= 11 is 5.42. The van der Waals surface area contributed by atoms with Gasteiger partial charge in [0.05, 0.1) is 17.2 Å². The molecule has 1 aromatic heterocycles. The van der Waals surface area contributed by atoms with E-state index < -0.39 is 0 Å². The molecule has 1 fully saturated rings. The monoisotopic (exact) mass is 392 g/mol. The Bertz CT molecular complexity index is 1020. The molecule has 144 valence electrons. The normalized spacial score (nSPS) is 14.4. The van der Waals surface area contributed by atoms with E-state index >= 15 is 0 Å². The van der Waals surface area contributed by atoms with E-state index in [-0.39, 0.29) is 0 Å². The van der Waals surface area contributed by atoms with Crippen molar-refractivity contribution in [2.24, 2.45) is 0 Å². The number of aromatic nitrogens is 2. The molecular weight excluding hydrogens is 368 g/mol. The quantitative estimate of drug-likeness (QED) is 0.554. The van der Waals surface area contributed by atoms with Gasteiger partial charge in [-0.1, -0.05) is 18.9 Å². The summed E-state index contributed by atoms with van der Waals surface area (Å²) in [6, 6.07) is 10.4. The molecule has 6 heteroatoms. The van der Waals surface area contributed by atoms with E-state index in [4.69, 9.17) is 12.2 Å². The zero-order valence-corrected chi connectivity index (χ0v) is 16.9. The summed E-state index contributed by atoms with van der Waals surface area (Å²) in [4.78, 5) is 9.19. The number of hydrogen-bond acceptors (Lipinski definition) is 4. The molecular formula is C22H24N4OS. The second-order valence-corrected chi connectivity index (χ2v) is 7.91. The molecule has 0 radical (unpaired) electrons. The fourth-order valence-corrected chi connectivity index (χ4v) is 4.05. The number of phenolic OH excluding ortho intramolecular Hbond substituents is 1. The first-order valence-electron chi connectivity index (χ1n) is 9.64. The number of benzene rings is 2. The van der Waals surface area contributed by atoms with Crippen molar-refractivity contribution in [3.63, 3.8) is 0 Å². The van der Waals surface area contributed by atoms with E-state index in [1.807, 2.05) is 44.2 Å². The van der Waals surface area contributed by atoms with Crippen LogP contribution in [0.2, 0.25) is 0 Å². The highest BCUT2D eigenvalue weighted by Gasteiger charge is 2.15. The van der Waals surface area contributed by atoms with Crippen LogP contribution in [0.5, 0.6) is 5.75 Å². The van der Waals surface area contributed by atoms with Crippen LogP contribution < -0.4 is 10.6 Å². The number of fused-ring (bicyclic) bond motifs is 1. The molecule has 28 heavy (non-hydrogen) atoms. The number of phenols is 1. The lowest BCUT2D eigenvalue weighted by Crippen LogP contribution is -2.36. The van der Waals surface area contributed by atoms with Gasteiger partial charge >= 0.3 is 0 Å². The summed E-state index contributed by atoms with van der Waals surface area (Å²) in [5.41, 5.74) is 5.44. The smallest absolute Gasteiger partial charge is 0.172 e. The second kappa shape index (κ2) is 7.72. The third-order valence-corrected chi connectivity index (χ3v) is 5.52. The first kappa shape index (κ1) is 18.6. The van der Waals surface area contributed by atoms with Crippen LogP contribution in [-0.4, -0.2) is 26.2 Å². The van der Waals surface area contributed by atoms with Crippen molar-refractivity contribution in [2.45, 2.75) is 45.6 Å². The predicted octanol–water partition coefficient (Wildman–Crippen LogP) is 4.85. The van der Waals surface area contributed by atoms with Crippen LogP contribution in [0.4, 0.5) is 5.82 Å². The van der Waals surface area contributed by atoms with Gasteiger partial charge in [-0.25, -0.2) is 4.98 Å². The van der Waals surface area contributed by atoms with Crippen LogP contribution in [0.1, 0.15) is 36.8 Å². The molecule has 0 spiro atoms. The molecule has 0 atom stereocenters. The lowest BCUT2D eigenvalue weighted by Gasteiger charge is -2.15.